The van der Waals surface area contributed by atoms with Crippen LogP contribution in [0.25, 0.3) is 22.4 Å². The molecule has 0 bridgehead atoms. The summed E-state index contributed by atoms with van der Waals surface area (Å²) in [6, 6.07) is 10.0. The van der Waals surface area contributed by atoms with Gasteiger partial charge >= 0.3 is 12.5 Å². The number of imidazole rings is 1. The summed E-state index contributed by atoms with van der Waals surface area (Å²) in [5.74, 6) is 0. The molecule has 0 atom stereocenters. The van der Waals surface area contributed by atoms with Crippen LogP contribution in [0.1, 0.15) is 12.8 Å². The fourth-order valence-electron chi connectivity index (χ4n) is 4.08. The Morgan fingerprint density at radius 1 is 1.12 bits per heavy atom. The molecule has 0 unspecified atom stereocenters. The Labute approximate surface area is 190 Å². The van der Waals surface area contributed by atoms with E-state index in [1.165, 1.54) is 4.73 Å². The number of hydrogen-bond acceptors (Lipinski definition) is 8. The summed E-state index contributed by atoms with van der Waals surface area (Å²) in [7, 11) is 0. The molecule has 0 radical (unpaired) electrons. The summed E-state index contributed by atoms with van der Waals surface area (Å²) in [5.41, 5.74) is 3.49. The van der Waals surface area contributed by atoms with Crippen molar-refractivity contribution >= 4 is 34.9 Å². The summed E-state index contributed by atoms with van der Waals surface area (Å²) in [4.78, 5) is 27.7. The van der Waals surface area contributed by atoms with Gasteiger partial charge in [-0.3, -0.25) is 4.79 Å². The molecule has 4 heterocycles. The number of carbonyl (C=O) groups excluding carboxylic acids is 1. The molecule has 0 amide bonds. The highest BCUT2D eigenvalue weighted by Gasteiger charge is 2.22. The van der Waals surface area contributed by atoms with E-state index in [4.69, 9.17) is 25.9 Å². The van der Waals surface area contributed by atoms with Gasteiger partial charge in [0.25, 0.3) is 0 Å². The fraction of sp³-hybridized carbons (Fsp3) is 0.409. The Morgan fingerprint density at radius 3 is 2.59 bits per heavy atom. The molecule has 1 aromatic carbocycles. The molecular formula is C22H24ClN5O4. The highest BCUT2D eigenvalue weighted by atomic mass is 35.5. The van der Waals surface area contributed by atoms with Crippen LogP contribution in [0.4, 0.5) is 5.69 Å². The van der Waals surface area contributed by atoms with Gasteiger partial charge in [-0.25, -0.2) is 4.98 Å². The van der Waals surface area contributed by atoms with Crippen molar-refractivity contribution in [3.8, 4) is 17.3 Å². The topological polar surface area (TPSA) is 90.7 Å². The van der Waals surface area contributed by atoms with Crippen molar-refractivity contribution in [1.82, 2.24) is 20.0 Å². The molecule has 0 spiro atoms. The third-order valence-corrected chi connectivity index (χ3v) is 6.04. The molecule has 2 saturated heterocycles. The summed E-state index contributed by atoms with van der Waals surface area (Å²) < 4.78 is 12.7. The van der Waals surface area contributed by atoms with E-state index in [9.17, 15) is 4.79 Å². The van der Waals surface area contributed by atoms with Gasteiger partial charge in [0.2, 0.25) is 0 Å². The second kappa shape index (κ2) is 9.32. The van der Waals surface area contributed by atoms with Gasteiger partial charge in [0, 0.05) is 24.3 Å². The molecule has 10 heteroatoms. The van der Waals surface area contributed by atoms with E-state index in [0.29, 0.717) is 28.4 Å². The molecule has 0 aliphatic carbocycles. The highest BCUT2D eigenvalue weighted by Crippen LogP contribution is 2.32. The first-order valence-corrected chi connectivity index (χ1v) is 11.1. The van der Waals surface area contributed by atoms with E-state index in [2.05, 4.69) is 32.3 Å². The minimum atomic E-state index is -0.00950. The first-order chi connectivity index (χ1) is 15.7. The number of anilines is 1. The summed E-state index contributed by atoms with van der Waals surface area (Å²) in [6.45, 7) is 5.29. The maximum Gasteiger partial charge on any atom is 0.333 e. The van der Waals surface area contributed by atoms with Crippen LogP contribution in [0.2, 0.25) is 5.02 Å². The van der Waals surface area contributed by atoms with Gasteiger partial charge in [-0.15, -0.1) is 4.73 Å². The van der Waals surface area contributed by atoms with Crippen molar-refractivity contribution < 1.29 is 19.1 Å². The van der Waals surface area contributed by atoms with Crippen LogP contribution in [0.15, 0.2) is 30.3 Å². The van der Waals surface area contributed by atoms with Crippen molar-refractivity contribution in [2.75, 3.05) is 44.3 Å². The highest BCUT2D eigenvalue weighted by molar-refractivity contribution is 6.33. The third-order valence-electron chi connectivity index (χ3n) is 5.75. The lowest BCUT2D eigenvalue weighted by molar-refractivity contribution is -0.129. The van der Waals surface area contributed by atoms with Crippen molar-refractivity contribution in [3.05, 3.63) is 35.4 Å². The van der Waals surface area contributed by atoms with Crippen LogP contribution in [-0.2, 0) is 9.53 Å². The number of fused-ring (bicyclic) bond motifs is 1. The van der Waals surface area contributed by atoms with Crippen molar-refractivity contribution in [2.45, 2.75) is 18.9 Å². The molecule has 2 fully saturated rings. The number of aromatic nitrogens is 3. The first kappa shape index (κ1) is 21.0. The van der Waals surface area contributed by atoms with Gasteiger partial charge in [-0.05, 0) is 44.1 Å². The van der Waals surface area contributed by atoms with E-state index >= 15 is 0 Å². The number of nitrogens with zero attached hydrogens (tertiary/aromatic N) is 4. The lowest BCUT2D eigenvalue weighted by atomic mass is 10.1. The van der Waals surface area contributed by atoms with Crippen LogP contribution >= 0.6 is 11.6 Å². The number of pyridine rings is 1. The minimum absolute atomic E-state index is 0.00950. The molecule has 1 N–H and O–H groups in total. The molecule has 3 aromatic rings. The summed E-state index contributed by atoms with van der Waals surface area (Å²) >= 11 is 6.58. The van der Waals surface area contributed by atoms with Crippen molar-refractivity contribution in [3.63, 3.8) is 0 Å². The number of nitrogens with one attached hydrogen (secondary N) is 1. The fourth-order valence-corrected chi connectivity index (χ4v) is 4.33. The van der Waals surface area contributed by atoms with Crippen LogP contribution in [0.5, 0.6) is 6.01 Å². The largest absolute Gasteiger partial charge is 0.459 e. The standard InChI is InChI=1S/C22H24ClN5O4/c23-18-13-19-21(26-22(28(19)31-14-29)32-17-5-7-24-8-6-17)25-20(18)15-1-3-16(4-2-15)27-9-11-30-12-10-27/h1-4,13-14,17,24H,5-12H2. The number of hydrogen-bond donors (Lipinski definition) is 1. The predicted octanol–water partition coefficient (Wildman–Crippen LogP) is 2.30. The Morgan fingerprint density at radius 2 is 1.88 bits per heavy atom. The lowest BCUT2D eigenvalue weighted by Crippen LogP contribution is -2.36. The number of rotatable bonds is 6. The second-order valence-electron chi connectivity index (χ2n) is 7.77. The lowest BCUT2D eigenvalue weighted by Gasteiger charge is -2.28. The molecule has 2 aliphatic heterocycles. The monoisotopic (exact) mass is 457 g/mol. The minimum Gasteiger partial charge on any atom is -0.459 e. The zero-order chi connectivity index (χ0) is 21.9. The molecule has 9 nitrogen and oxygen atoms in total. The summed E-state index contributed by atoms with van der Waals surface area (Å²) in [5, 5.41) is 3.72. The SMILES string of the molecule is O=COn1c(OC2CCNCC2)nc2nc(-c3ccc(N4CCOCC4)cc3)c(Cl)cc21. The third kappa shape index (κ3) is 4.23. The number of carbonyl (C=O) groups is 1. The van der Waals surface area contributed by atoms with Gasteiger partial charge in [0.15, 0.2) is 5.65 Å². The molecule has 2 aliphatic rings. The molecular weight excluding hydrogens is 434 g/mol. The van der Waals surface area contributed by atoms with Gasteiger partial charge < -0.3 is 24.5 Å². The Bertz CT molecular complexity index is 1090. The Hall–Kier alpha value is -2.88. The van der Waals surface area contributed by atoms with Gasteiger partial charge in [-0.2, -0.15) is 4.98 Å². The zero-order valence-electron chi connectivity index (χ0n) is 17.5. The van der Waals surface area contributed by atoms with E-state index in [0.717, 1.165) is 63.5 Å². The van der Waals surface area contributed by atoms with E-state index in [1.807, 2.05) is 12.1 Å². The predicted molar refractivity (Wildman–Crippen MR) is 120 cm³/mol. The van der Waals surface area contributed by atoms with Crippen LogP contribution in [0, 0.1) is 0 Å². The molecule has 0 saturated carbocycles. The number of piperidine rings is 1. The van der Waals surface area contributed by atoms with E-state index < -0.39 is 0 Å². The van der Waals surface area contributed by atoms with Crippen molar-refractivity contribution in [1.29, 1.82) is 0 Å². The number of halogens is 1. The van der Waals surface area contributed by atoms with Crippen LogP contribution < -0.4 is 19.8 Å². The van der Waals surface area contributed by atoms with Gasteiger partial charge in [-0.1, -0.05) is 23.7 Å². The maximum absolute atomic E-state index is 11.1. The molecule has 168 valence electrons. The van der Waals surface area contributed by atoms with Crippen LogP contribution in [-0.4, -0.2) is 66.7 Å². The average molecular weight is 458 g/mol. The zero-order valence-corrected chi connectivity index (χ0v) is 18.3. The van der Waals surface area contributed by atoms with E-state index in [-0.39, 0.29) is 12.1 Å². The Kier molecular flexibility index (Phi) is 6.11. The first-order valence-electron chi connectivity index (χ1n) is 10.7. The van der Waals surface area contributed by atoms with Gasteiger partial charge in [0.05, 0.1) is 23.9 Å². The second-order valence-corrected chi connectivity index (χ2v) is 8.17. The smallest absolute Gasteiger partial charge is 0.333 e. The van der Waals surface area contributed by atoms with E-state index in [1.54, 1.807) is 6.07 Å². The molecule has 2 aromatic heterocycles. The quantitative estimate of drug-likeness (QED) is 0.564. The Balaban J connectivity index is 1.46. The number of morpholine rings is 1. The number of ether oxygens (including phenoxy) is 2. The van der Waals surface area contributed by atoms with Crippen molar-refractivity contribution in [2.24, 2.45) is 0 Å². The normalized spacial score (nSPS) is 17.5. The molecule has 32 heavy (non-hydrogen) atoms. The van der Waals surface area contributed by atoms with Gasteiger partial charge in [0.1, 0.15) is 11.6 Å². The molecule has 5 rings (SSSR count). The van der Waals surface area contributed by atoms with Crippen LogP contribution in [0.3, 0.4) is 0 Å². The average Bonchev–Trinajstić information content (AvgIpc) is 3.16. The summed E-state index contributed by atoms with van der Waals surface area (Å²) in [6.07, 6.45) is 1.68. The number of benzene rings is 1. The maximum atomic E-state index is 11.1.